The zero-order valence-electron chi connectivity index (χ0n) is 9.79. The molecule has 1 aliphatic rings. The molecule has 2 rings (SSSR count). The molecule has 0 radical (unpaired) electrons. The Balaban J connectivity index is 1.79. The standard InChI is InChI=1S/C13H17FN2O/c14-12-6-2-1-5-11(12)13(17)15-7-10-16-8-3-4-9-16/h1-2,5-6H,3-4,7-10H2,(H,15,17). The predicted octanol–water partition coefficient (Wildman–Crippen LogP) is 1.65. The number of amides is 1. The van der Waals surface area contributed by atoms with Gasteiger partial charge in [0.15, 0.2) is 0 Å². The van der Waals surface area contributed by atoms with Crippen molar-refractivity contribution in [1.82, 2.24) is 10.2 Å². The number of hydrogen-bond acceptors (Lipinski definition) is 2. The number of benzene rings is 1. The number of rotatable bonds is 4. The van der Waals surface area contributed by atoms with Crippen molar-refractivity contribution in [2.45, 2.75) is 12.8 Å². The molecular formula is C13H17FN2O. The lowest BCUT2D eigenvalue weighted by Crippen LogP contribution is -2.33. The zero-order valence-corrected chi connectivity index (χ0v) is 9.79. The SMILES string of the molecule is O=C(NCCN1CCCC1)c1ccccc1F. The van der Waals surface area contributed by atoms with Crippen molar-refractivity contribution in [3.8, 4) is 0 Å². The minimum Gasteiger partial charge on any atom is -0.351 e. The van der Waals surface area contributed by atoms with Crippen LogP contribution in [0.3, 0.4) is 0 Å². The van der Waals surface area contributed by atoms with Crippen LogP contribution in [0.1, 0.15) is 23.2 Å². The summed E-state index contributed by atoms with van der Waals surface area (Å²) in [5, 5.41) is 2.75. The van der Waals surface area contributed by atoms with Crippen molar-refractivity contribution in [2.75, 3.05) is 26.2 Å². The lowest BCUT2D eigenvalue weighted by Gasteiger charge is -2.14. The molecule has 0 bridgehead atoms. The van der Waals surface area contributed by atoms with Gasteiger partial charge in [-0.15, -0.1) is 0 Å². The van der Waals surface area contributed by atoms with E-state index in [1.807, 2.05) is 0 Å². The molecule has 1 amide bonds. The number of nitrogens with one attached hydrogen (secondary N) is 1. The molecular weight excluding hydrogens is 219 g/mol. The van der Waals surface area contributed by atoms with E-state index in [0.717, 1.165) is 19.6 Å². The number of carbonyl (C=O) groups is 1. The summed E-state index contributed by atoms with van der Waals surface area (Å²) in [5.74, 6) is -0.798. The molecule has 1 fully saturated rings. The maximum Gasteiger partial charge on any atom is 0.254 e. The second-order valence-electron chi connectivity index (χ2n) is 4.28. The molecule has 0 spiro atoms. The Morgan fingerprint density at radius 2 is 2.00 bits per heavy atom. The third kappa shape index (κ3) is 3.27. The van der Waals surface area contributed by atoms with Gasteiger partial charge in [-0.2, -0.15) is 0 Å². The molecule has 17 heavy (non-hydrogen) atoms. The zero-order chi connectivity index (χ0) is 12.1. The fraction of sp³-hybridized carbons (Fsp3) is 0.462. The van der Waals surface area contributed by atoms with Gasteiger partial charge in [-0.05, 0) is 38.1 Å². The number of carbonyl (C=O) groups excluding carboxylic acids is 1. The summed E-state index contributed by atoms with van der Waals surface area (Å²) < 4.78 is 13.3. The average molecular weight is 236 g/mol. The highest BCUT2D eigenvalue weighted by molar-refractivity contribution is 5.94. The quantitative estimate of drug-likeness (QED) is 0.862. The highest BCUT2D eigenvalue weighted by Crippen LogP contribution is 2.07. The molecule has 3 nitrogen and oxygen atoms in total. The van der Waals surface area contributed by atoms with Crippen LogP contribution >= 0.6 is 0 Å². The van der Waals surface area contributed by atoms with Gasteiger partial charge in [0.25, 0.3) is 5.91 Å². The van der Waals surface area contributed by atoms with Crippen LogP contribution in [-0.2, 0) is 0 Å². The molecule has 0 unspecified atom stereocenters. The van der Waals surface area contributed by atoms with Crippen molar-refractivity contribution in [2.24, 2.45) is 0 Å². The lowest BCUT2D eigenvalue weighted by molar-refractivity contribution is 0.0945. The normalized spacial score (nSPS) is 16.1. The Morgan fingerprint density at radius 1 is 1.29 bits per heavy atom. The van der Waals surface area contributed by atoms with Gasteiger partial charge in [0.1, 0.15) is 5.82 Å². The highest BCUT2D eigenvalue weighted by atomic mass is 19.1. The molecule has 92 valence electrons. The van der Waals surface area contributed by atoms with Crippen molar-refractivity contribution in [1.29, 1.82) is 0 Å². The van der Waals surface area contributed by atoms with E-state index in [4.69, 9.17) is 0 Å². The maximum absolute atomic E-state index is 13.3. The summed E-state index contributed by atoms with van der Waals surface area (Å²) >= 11 is 0. The molecule has 1 heterocycles. The van der Waals surface area contributed by atoms with E-state index in [1.54, 1.807) is 12.1 Å². The first-order valence-corrected chi connectivity index (χ1v) is 6.02. The second kappa shape index (κ2) is 5.77. The number of nitrogens with zero attached hydrogens (tertiary/aromatic N) is 1. The van der Waals surface area contributed by atoms with Crippen LogP contribution in [0.2, 0.25) is 0 Å². The van der Waals surface area contributed by atoms with E-state index in [-0.39, 0.29) is 11.5 Å². The Bertz CT molecular complexity index is 389. The largest absolute Gasteiger partial charge is 0.351 e. The molecule has 0 saturated carbocycles. The number of hydrogen-bond donors (Lipinski definition) is 1. The van der Waals surface area contributed by atoms with Crippen LogP contribution in [0.25, 0.3) is 0 Å². The Hall–Kier alpha value is -1.42. The molecule has 4 heteroatoms. The fourth-order valence-corrected chi connectivity index (χ4v) is 2.07. The molecule has 1 aromatic carbocycles. The first kappa shape index (κ1) is 12.0. The predicted molar refractivity (Wildman–Crippen MR) is 64.4 cm³/mol. The van der Waals surface area contributed by atoms with Crippen LogP contribution < -0.4 is 5.32 Å². The lowest BCUT2D eigenvalue weighted by atomic mass is 10.2. The van der Waals surface area contributed by atoms with Crippen LogP contribution in [0.4, 0.5) is 4.39 Å². The van der Waals surface area contributed by atoms with Gasteiger partial charge < -0.3 is 10.2 Å². The smallest absolute Gasteiger partial charge is 0.254 e. The molecule has 0 aromatic heterocycles. The van der Waals surface area contributed by atoms with Crippen molar-refractivity contribution < 1.29 is 9.18 Å². The van der Waals surface area contributed by atoms with E-state index in [9.17, 15) is 9.18 Å². The molecule has 0 aliphatic carbocycles. The third-order valence-corrected chi connectivity index (χ3v) is 3.03. The van der Waals surface area contributed by atoms with E-state index < -0.39 is 5.82 Å². The van der Waals surface area contributed by atoms with E-state index in [0.29, 0.717) is 6.54 Å². The van der Waals surface area contributed by atoms with Crippen LogP contribution in [0.5, 0.6) is 0 Å². The molecule has 0 atom stereocenters. The van der Waals surface area contributed by atoms with Crippen molar-refractivity contribution >= 4 is 5.91 Å². The molecule has 1 N–H and O–H groups in total. The van der Waals surface area contributed by atoms with Gasteiger partial charge in [0.05, 0.1) is 5.56 Å². The van der Waals surface area contributed by atoms with Crippen LogP contribution in [0.15, 0.2) is 24.3 Å². The minimum absolute atomic E-state index is 0.119. The van der Waals surface area contributed by atoms with Crippen molar-refractivity contribution in [3.63, 3.8) is 0 Å². The van der Waals surface area contributed by atoms with Gasteiger partial charge in [-0.25, -0.2) is 4.39 Å². The van der Waals surface area contributed by atoms with Gasteiger partial charge in [-0.1, -0.05) is 12.1 Å². The Labute approximate surface area is 101 Å². The Morgan fingerprint density at radius 3 is 2.71 bits per heavy atom. The highest BCUT2D eigenvalue weighted by Gasteiger charge is 2.13. The fourth-order valence-electron chi connectivity index (χ4n) is 2.07. The van der Waals surface area contributed by atoms with Gasteiger partial charge in [0.2, 0.25) is 0 Å². The number of likely N-dealkylation sites (tertiary alicyclic amines) is 1. The van der Waals surface area contributed by atoms with Gasteiger partial charge in [0, 0.05) is 13.1 Å². The van der Waals surface area contributed by atoms with E-state index in [2.05, 4.69) is 10.2 Å². The van der Waals surface area contributed by atoms with Gasteiger partial charge >= 0.3 is 0 Å². The van der Waals surface area contributed by atoms with Crippen molar-refractivity contribution in [3.05, 3.63) is 35.6 Å². The molecule has 1 saturated heterocycles. The molecule has 1 aromatic rings. The van der Waals surface area contributed by atoms with Crippen LogP contribution in [0, 0.1) is 5.82 Å². The van der Waals surface area contributed by atoms with Crippen LogP contribution in [-0.4, -0.2) is 37.0 Å². The first-order valence-electron chi connectivity index (χ1n) is 6.02. The monoisotopic (exact) mass is 236 g/mol. The van der Waals surface area contributed by atoms with E-state index in [1.165, 1.54) is 25.0 Å². The average Bonchev–Trinajstić information content (AvgIpc) is 2.82. The summed E-state index contributed by atoms with van der Waals surface area (Å²) in [6.07, 6.45) is 2.47. The second-order valence-corrected chi connectivity index (χ2v) is 4.28. The summed E-state index contributed by atoms with van der Waals surface area (Å²) in [7, 11) is 0. The van der Waals surface area contributed by atoms with Gasteiger partial charge in [-0.3, -0.25) is 4.79 Å². The summed E-state index contributed by atoms with van der Waals surface area (Å²) in [6, 6.07) is 6.05. The maximum atomic E-state index is 13.3. The summed E-state index contributed by atoms with van der Waals surface area (Å²) in [6.45, 7) is 3.64. The summed E-state index contributed by atoms with van der Waals surface area (Å²) in [4.78, 5) is 14.0. The minimum atomic E-state index is -0.467. The topological polar surface area (TPSA) is 32.3 Å². The molecule has 1 aliphatic heterocycles. The first-order chi connectivity index (χ1) is 8.27. The Kier molecular flexibility index (Phi) is 4.09. The number of halogens is 1. The van der Waals surface area contributed by atoms with E-state index >= 15 is 0 Å². The third-order valence-electron chi connectivity index (χ3n) is 3.03. The summed E-state index contributed by atoms with van der Waals surface area (Å²) in [5.41, 5.74) is 0.119.